The second-order valence-corrected chi connectivity index (χ2v) is 16.6. The monoisotopic (exact) mass is 790 g/mol. The van der Waals surface area contributed by atoms with E-state index in [1.165, 1.54) is 16.2 Å². The molecule has 4 amide bonds. The number of hydrogen-bond donors (Lipinski definition) is 3. The molecule has 13 heteroatoms. The van der Waals surface area contributed by atoms with Crippen molar-refractivity contribution in [1.82, 2.24) is 30.8 Å². The third-order valence-electron chi connectivity index (χ3n) is 11.6. The number of ether oxygens (including phenoxy) is 2. The topological polar surface area (TPSA) is 152 Å². The molecule has 3 fully saturated rings. The van der Waals surface area contributed by atoms with Gasteiger partial charge in [-0.25, -0.2) is 14.8 Å². The van der Waals surface area contributed by atoms with Gasteiger partial charge in [-0.15, -0.1) is 11.3 Å². The first-order valence-corrected chi connectivity index (χ1v) is 21.3. The number of nitrogens with one attached hydrogen (secondary N) is 3. The molecule has 4 heterocycles. The molecular formula is C44H50N6O6S. The Morgan fingerprint density at radius 3 is 2.46 bits per heavy atom. The van der Waals surface area contributed by atoms with Gasteiger partial charge in [0.2, 0.25) is 23.6 Å². The molecular weight excluding hydrogens is 741 g/mol. The molecule has 2 aromatic heterocycles. The molecule has 2 aromatic carbocycles. The number of nitrogens with zero attached hydrogens (tertiary/aromatic N) is 3. The van der Waals surface area contributed by atoms with Crippen LogP contribution >= 0.6 is 11.3 Å². The van der Waals surface area contributed by atoms with E-state index in [0.29, 0.717) is 49.3 Å². The van der Waals surface area contributed by atoms with Gasteiger partial charge in [-0.3, -0.25) is 14.4 Å². The first-order chi connectivity index (χ1) is 27.9. The third-order valence-corrected chi connectivity index (χ3v) is 12.5. The summed E-state index contributed by atoms with van der Waals surface area (Å²) in [5, 5.41) is 11.1. The smallest absolute Gasteiger partial charge is 0.408 e. The maximum Gasteiger partial charge on any atom is 0.408 e. The van der Waals surface area contributed by atoms with Crippen LogP contribution in [0.4, 0.5) is 4.79 Å². The lowest BCUT2D eigenvalue weighted by Crippen LogP contribution is -2.58. The molecule has 3 N–H and O–H groups in total. The van der Waals surface area contributed by atoms with E-state index in [2.05, 4.69) is 22.0 Å². The summed E-state index contributed by atoms with van der Waals surface area (Å²) in [6.07, 6.45) is 11.3. The van der Waals surface area contributed by atoms with Crippen LogP contribution in [0.15, 0.2) is 84.3 Å². The van der Waals surface area contributed by atoms with Crippen molar-refractivity contribution in [1.29, 1.82) is 0 Å². The number of benzene rings is 2. The van der Waals surface area contributed by atoms with E-state index in [0.717, 1.165) is 60.9 Å². The van der Waals surface area contributed by atoms with Gasteiger partial charge in [0.05, 0.1) is 22.5 Å². The molecule has 2 aliphatic heterocycles. The summed E-state index contributed by atoms with van der Waals surface area (Å²) in [5.41, 5.74) is 1.93. The predicted octanol–water partition coefficient (Wildman–Crippen LogP) is 6.50. The third kappa shape index (κ3) is 8.98. The van der Waals surface area contributed by atoms with Crippen LogP contribution in [0.1, 0.15) is 76.2 Å². The fraction of sp³-hybridized carbons (Fsp3) is 0.455. The second kappa shape index (κ2) is 17.5. The van der Waals surface area contributed by atoms with Gasteiger partial charge in [-0.1, -0.05) is 73.5 Å². The van der Waals surface area contributed by atoms with Crippen molar-refractivity contribution in [2.75, 3.05) is 13.1 Å². The van der Waals surface area contributed by atoms with Crippen LogP contribution in [-0.4, -0.2) is 81.6 Å². The fourth-order valence-corrected chi connectivity index (χ4v) is 9.13. The van der Waals surface area contributed by atoms with E-state index >= 15 is 0 Å². The highest BCUT2D eigenvalue weighted by Crippen LogP contribution is 2.45. The Balaban J connectivity index is 1.07. The number of aromatic nitrogens is 2. The zero-order valence-corrected chi connectivity index (χ0v) is 32.9. The van der Waals surface area contributed by atoms with Gasteiger partial charge in [0.1, 0.15) is 35.5 Å². The standard InChI is InChI=1S/C44H50N6O6S/c51-39-36-26-32(55-40-38(37-22-13-25-57-37)46-33-19-11-12-20-34(33)47-40)28-50(36)41(52)35(48-43(54)56-31-17-9-10-18-31)21-8-3-1-2-7-16-30-27-44(30,49-39)42(53)45-24-23-29-14-5-4-6-15-29/h4-7,11-16,19-20,22,25,30-32,35-36H,1-3,8-10,17-18,21,23-24,26-28H2,(H,45,53)(H,48,54)(H,49,51)/b16-7-/t30?,32-,35+,36+,44-/m1/s1. The maximum atomic E-state index is 14.7. The SMILES string of the molecule is O=C(N[C@H]1CCCCC/C=C\C2C[C@@]2(C(=O)NCCc2ccccc2)NC(=O)[C@@H]2C[C@@H](Oc3nc4ccccc4nc3-c3cccs3)CN2C1=O)OC1CCCC1. The van der Waals surface area contributed by atoms with Crippen LogP contribution in [0.2, 0.25) is 0 Å². The second-order valence-electron chi connectivity index (χ2n) is 15.7. The van der Waals surface area contributed by atoms with E-state index in [9.17, 15) is 19.2 Å². The Hall–Kier alpha value is -5.30. The van der Waals surface area contributed by atoms with Gasteiger partial charge < -0.3 is 30.3 Å². The average molecular weight is 791 g/mol. The minimum Gasteiger partial charge on any atom is -0.471 e. The summed E-state index contributed by atoms with van der Waals surface area (Å²) >= 11 is 1.52. The minimum absolute atomic E-state index is 0.0742. The van der Waals surface area contributed by atoms with E-state index in [4.69, 9.17) is 19.4 Å². The largest absolute Gasteiger partial charge is 0.471 e. The molecule has 12 nitrogen and oxygen atoms in total. The van der Waals surface area contributed by atoms with Crippen LogP contribution in [0, 0.1) is 5.92 Å². The summed E-state index contributed by atoms with van der Waals surface area (Å²) in [6, 6.07) is 19.5. The lowest BCUT2D eigenvalue weighted by molar-refractivity contribution is -0.141. The van der Waals surface area contributed by atoms with Gasteiger partial charge in [-0.05, 0) is 86.9 Å². The molecule has 2 aliphatic carbocycles. The molecule has 0 spiro atoms. The van der Waals surface area contributed by atoms with E-state index < -0.39 is 35.7 Å². The Labute approximate surface area is 336 Å². The lowest BCUT2D eigenvalue weighted by Gasteiger charge is -2.30. The summed E-state index contributed by atoms with van der Waals surface area (Å²) in [7, 11) is 0. The van der Waals surface area contributed by atoms with Gasteiger partial charge in [0, 0.05) is 18.9 Å². The Bertz CT molecular complexity index is 2090. The summed E-state index contributed by atoms with van der Waals surface area (Å²) in [4.78, 5) is 68.7. The number of carbonyl (C=O) groups excluding carboxylic acids is 4. The average Bonchev–Trinajstić information content (AvgIpc) is 3.72. The number of amides is 4. The number of alkyl carbamates (subject to hydrolysis) is 1. The molecule has 0 bridgehead atoms. The number of carbonyl (C=O) groups is 4. The number of allylic oxidation sites excluding steroid dienone is 1. The molecule has 8 rings (SSSR count). The van der Waals surface area contributed by atoms with Crippen molar-refractivity contribution in [3.05, 3.63) is 89.8 Å². The number of fused-ring (bicyclic) bond motifs is 3. The van der Waals surface area contributed by atoms with Crippen LogP contribution in [0.5, 0.6) is 5.88 Å². The van der Waals surface area contributed by atoms with Crippen molar-refractivity contribution in [3.8, 4) is 16.5 Å². The molecule has 57 heavy (non-hydrogen) atoms. The van der Waals surface area contributed by atoms with Crippen molar-refractivity contribution >= 4 is 46.2 Å². The molecule has 0 radical (unpaired) electrons. The normalized spacial score (nSPS) is 26.0. The molecule has 298 valence electrons. The van der Waals surface area contributed by atoms with Gasteiger partial charge in [-0.2, -0.15) is 0 Å². The molecule has 4 aliphatic rings. The number of thiophene rings is 1. The first kappa shape index (κ1) is 38.6. The van der Waals surface area contributed by atoms with Crippen LogP contribution in [0.3, 0.4) is 0 Å². The van der Waals surface area contributed by atoms with E-state index in [1.54, 1.807) is 0 Å². The fourth-order valence-electron chi connectivity index (χ4n) is 8.42. The number of para-hydroxylation sites is 2. The lowest BCUT2D eigenvalue weighted by atomic mass is 10.0. The van der Waals surface area contributed by atoms with Crippen molar-refractivity contribution in [3.63, 3.8) is 0 Å². The molecule has 2 saturated carbocycles. The van der Waals surface area contributed by atoms with Crippen molar-refractivity contribution in [2.24, 2.45) is 5.92 Å². The van der Waals surface area contributed by atoms with Crippen molar-refractivity contribution in [2.45, 2.75) is 107 Å². The zero-order chi connectivity index (χ0) is 39.2. The van der Waals surface area contributed by atoms with Gasteiger partial charge in [0.25, 0.3) is 0 Å². The highest BCUT2D eigenvalue weighted by atomic mass is 32.1. The zero-order valence-electron chi connectivity index (χ0n) is 32.1. The van der Waals surface area contributed by atoms with Crippen LogP contribution in [0.25, 0.3) is 21.6 Å². The maximum absolute atomic E-state index is 14.7. The highest BCUT2D eigenvalue weighted by Gasteiger charge is 2.61. The van der Waals surface area contributed by atoms with Crippen LogP contribution in [-0.2, 0) is 25.5 Å². The Morgan fingerprint density at radius 2 is 1.67 bits per heavy atom. The molecule has 1 saturated heterocycles. The summed E-state index contributed by atoms with van der Waals surface area (Å²) < 4.78 is 12.4. The highest BCUT2D eigenvalue weighted by molar-refractivity contribution is 7.13. The van der Waals surface area contributed by atoms with Crippen LogP contribution < -0.4 is 20.7 Å². The number of rotatable bonds is 9. The number of hydrogen-bond acceptors (Lipinski definition) is 9. The Morgan fingerprint density at radius 1 is 0.895 bits per heavy atom. The van der Waals surface area contributed by atoms with Gasteiger partial charge in [0.15, 0.2) is 0 Å². The van der Waals surface area contributed by atoms with Crippen molar-refractivity contribution < 1.29 is 28.7 Å². The van der Waals surface area contributed by atoms with Gasteiger partial charge >= 0.3 is 6.09 Å². The first-order valence-electron chi connectivity index (χ1n) is 20.4. The molecule has 5 atom stereocenters. The summed E-state index contributed by atoms with van der Waals surface area (Å²) in [5.74, 6) is -0.922. The molecule has 1 unspecified atom stereocenters. The quantitative estimate of drug-likeness (QED) is 0.163. The predicted molar refractivity (Wildman–Crippen MR) is 217 cm³/mol. The van der Waals surface area contributed by atoms with E-state index in [-0.39, 0.29) is 36.8 Å². The Kier molecular flexibility index (Phi) is 11.8. The minimum atomic E-state index is -1.14. The summed E-state index contributed by atoms with van der Waals surface area (Å²) in [6.45, 7) is 0.495. The molecule has 4 aromatic rings. The van der Waals surface area contributed by atoms with E-state index in [1.807, 2.05) is 78.2 Å².